The molecule has 6 heteroatoms. The number of hydrogen-bond acceptors (Lipinski definition) is 4. The van der Waals surface area contributed by atoms with Gasteiger partial charge in [-0.15, -0.1) is 0 Å². The summed E-state index contributed by atoms with van der Waals surface area (Å²) in [6.45, 7) is 1.76. The van der Waals surface area contributed by atoms with Gasteiger partial charge >= 0.3 is 12.0 Å². The van der Waals surface area contributed by atoms with E-state index in [2.05, 4.69) is 10.1 Å². The smallest absolute Gasteiger partial charge is 0.379 e. The Labute approximate surface area is 97.7 Å². The molecule has 17 heavy (non-hydrogen) atoms. The van der Waals surface area contributed by atoms with Crippen LogP contribution in [0.1, 0.15) is 17.3 Å². The lowest BCUT2D eigenvalue weighted by Crippen LogP contribution is -2.20. The van der Waals surface area contributed by atoms with Crippen molar-refractivity contribution in [3.05, 3.63) is 29.8 Å². The number of rotatable bonds is 4. The Morgan fingerprint density at radius 1 is 1.24 bits per heavy atom. The van der Waals surface area contributed by atoms with Gasteiger partial charge in [-0.25, -0.2) is 9.59 Å². The van der Waals surface area contributed by atoms with Crippen LogP contribution in [-0.2, 0) is 9.53 Å². The van der Waals surface area contributed by atoms with Gasteiger partial charge in [0.05, 0.1) is 6.61 Å². The van der Waals surface area contributed by atoms with Crippen molar-refractivity contribution >= 4 is 23.5 Å². The molecule has 0 aliphatic carbocycles. The van der Waals surface area contributed by atoms with Gasteiger partial charge in [-0.1, -0.05) is 0 Å². The summed E-state index contributed by atoms with van der Waals surface area (Å²) in [4.78, 5) is 33.2. The first-order valence-electron chi connectivity index (χ1n) is 4.92. The van der Waals surface area contributed by atoms with Crippen LogP contribution in [0.2, 0.25) is 0 Å². The minimum Gasteiger partial charge on any atom is -0.460 e. The van der Waals surface area contributed by atoms with Crippen LogP contribution in [0.4, 0.5) is 10.5 Å². The Bertz CT molecular complexity index is 439. The predicted octanol–water partition coefficient (Wildman–Crippen LogP) is 0.923. The van der Waals surface area contributed by atoms with E-state index in [0.29, 0.717) is 5.69 Å². The van der Waals surface area contributed by atoms with E-state index in [1.807, 2.05) is 0 Å². The fraction of sp³-hybridized carbons (Fsp3) is 0.182. The lowest BCUT2D eigenvalue weighted by Gasteiger charge is -2.03. The number of anilines is 1. The summed E-state index contributed by atoms with van der Waals surface area (Å²) in [5.74, 6) is -1.62. The molecule has 0 spiro atoms. The molecular weight excluding hydrogens is 224 g/mol. The number of carbonyl (C=O) groups excluding carboxylic acids is 3. The second kappa shape index (κ2) is 5.64. The second-order valence-electron chi connectivity index (χ2n) is 3.12. The lowest BCUT2D eigenvalue weighted by atomic mass is 10.1. The number of carbonyl (C=O) groups is 3. The number of amides is 2. The Balaban J connectivity index is 2.77. The molecular formula is C11H12N2O4. The van der Waals surface area contributed by atoms with E-state index in [-0.39, 0.29) is 12.2 Å². The fourth-order valence-corrected chi connectivity index (χ4v) is 1.16. The molecule has 0 aliphatic heterocycles. The standard InChI is InChI=1S/C11H12N2O4/c1-2-17-10(15)9(14)7-3-5-8(6-4-7)13-11(12)16/h3-6H,2H2,1H3,(H3,12,13,16). The van der Waals surface area contributed by atoms with E-state index in [9.17, 15) is 14.4 Å². The maximum absolute atomic E-state index is 11.5. The molecule has 1 aromatic carbocycles. The van der Waals surface area contributed by atoms with Gasteiger partial charge in [-0.3, -0.25) is 4.79 Å². The molecule has 0 saturated heterocycles. The molecule has 0 fully saturated rings. The van der Waals surface area contributed by atoms with Crippen molar-refractivity contribution in [2.45, 2.75) is 6.92 Å². The fourth-order valence-electron chi connectivity index (χ4n) is 1.16. The van der Waals surface area contributed by atoms with Crippen LogP contribution in [0.5, 0.6) is 0 Å². The summed E-state index contributed by atoms with van der Waals surface area (Å²) >= 11 is 0. The van der Waals surface area contributed by atoms with Crippen molar-refractivity contribution in [2.75, 3.05) is 11.9 Å². The molecule has 6 nitrogen and oxygen atoms in total. The highest BCUT2D eigenvalue weighted by Gasteiger charge is 2.16. The van der Waals surface area contributed by atoms with Crippen molar-refractivity contribution in [3.63, 3.8) is 0 Å². The molecule has 3 N–H and O–H groups in total. The molecule has 0 radical (unpaired) electrons. The van der Waals surface area contributed by atoms with Crippen molar-refractivity contribution < 1.29 is 19.1 Å². The van der Waals surface area contributed by atoms with Crippen LogP contribution in [0, 0.1) is 0 Å². The minimum atomic E-state index is -0.900. The average molecular weight is 236 g/mol. The highest BCUT2D eigenvalue weighted by molar-refractivity contribution is 6.40. The Morgan fingerprint density at radius 3 is 2.29 bits per heavy atom. The van der Waals surface area contributed by atoms with Crippen LogP contribution < -0.4 is 11.1 Å². The molecule has 1 aromatic rings. The quantitative estimate of drug-likeness (QED) is 0.461. The number of urea groups is 1. The molecule has 0 unspecified atom stereocenters. The Kier molecular flexibility index (Phi) is 4.21. The Morgan fingerprint density at radius 2 is 1.82 bits per heavy atom. The summed E-state index contributed by atoms with van der Waals surface area (Å²) in [6.07, 6.45) is 0. The monoisotopic (exact) mass is 236 g/mol. The zero-order chi connectivity index (χ0) is 12.8. The summed E-state index contributed by atoms with van der Waals surface area (Å²) in [5, 5.41) is 2.34. The summed E-state index contributed by atoms with van der Waals surface area (Å²) in [6, 6.07) is 5.05. The van der Waals surface area contributed by atoms with Gasteiger partial charge in [0.25, 0.3) is 5.78 Å². The number of primary amides is 1. The van der Waals surface area contributed by atoms with Gasteiger partial charge in [0.1, 0.15) is 0 Å². The number of nitrogens with one attached hydrogen (secondary N) is 1. The van der Waals surface area contributed by atoms with Crippen molar-refractivity contribution in [3.8, 4) is 0 Å². The number of hydrogen-bond donors (Lipinski definition) is 2. The van der Waals surface area contributed by atoms with Crippen molar-refractivity contribution in [2.24, 2.45) is 5.73 Å². The molecule has 0 aromatic heterocycles. The number of ketones is 1. The summed E-state index contributed by atoms with van der Waals surface area (Å²) in [5.41, 5.74) is 5.55. The number of esters is 1. The molecule has 1 rings (SSSR count). The predicted molar refractivity (Wildman–Crippen MR) is 60.6 cm³/mol. The number of nitrogens with two attached hydrogens (primary N) is 1. The van der Waals surface area contributed by atoms with Crippen LogP contribution in [0.15, 0.2) is 24.3 Å². The first-order valence-corrected chi connectivity index (χ1v) is 4.92. The number of benzene rings is 1. The van der Waals surface area contributed by atoms with E-state index < -0.39 is 17.8 Å². The van der Waals surface area contributed by atoms with Gasteiger partial charge in [0.15, 0.2) is 0 Å². The largest absolute Gasteiger partial charge is 0.460 e. The van der Waals surface area contributed by atoms with Gasteiger partial charge in [0.2, 0.25) is 0 Å². The van der Waals surface area contributed by atoms with E-state index in [4.69, 9.17) is 5.73 Å². The first-order chi connectivity index (χ1) is 8.04. The minimum absolute atomic E-state index is 0.145. The van der Waals surface area contributed by atoms with Crippen molar-refractivity contribution in [1.29, 1.82) is 0 Å². The van der Waals surface area contributed by atoms with Gasteiger partial charge in [0, 0.05) is 11.3 Å². The maximum Gasteiger partial charge on any atom is 0.379 e. The zero-order valence-corrected chi connectivity index (χ0v) is 9.23. The highest BCUT2D eigenvalue weighted by atomic mass is 16.5. The molecule has 0 heterocycles. The van der Waals surface area contributed by atoms with Crippen LogP contribution in [0.3, 0.4) is 0 Å². The third-order valence-electron chi connectivity index (χ3n) is 1.88. The second-order valence-corrected chi connectivity index (χ2v) is 3.12. The maximum atomic E-state index is 11.5. The third-order valence-corrected chi connectivity index (χ3v) is 1.88. The van der Waals surface area contributed by atoms with Gasteiger partial charge < -0.3 is 15.8 Å². The normalized spacial score (nSPS) is 9.47. The summed E-state index contributed by atoms with van der Waals surface area (Å²) in [7, 11) is 0. The number of ether oxygens (including phenoxy) is 1. The lowest BCUT2D eigenvalue weighted by molar-refractivity contribution is -0.137. The van der Waals surface area contributed by atoms with Crippen molar-refractivity contribution in [1.82, 2.24) is 0 Å². The van der Waals surface area contributed by atoms with E-state index >= 15 is 0 Å². The van der Waals surface area contributed by atoms with E-state index in [1.165, 1.54) is 24.3 Å². The first kappa shape index (κ1) is 12.7. The summed E-state index contributed by atoms with van der Waals surface area (Å²) < 4.78 is 4.57. The van der Waals surface area contributed by atoms with Gasteiger partial charge in [-0.05, 0) is 31.2 Å². The molecule has 90 valence electrons. The van der Waals surface area contributed by atoms with E-state index in [0.717, 1.165) is 0 Å². The molecule has 0 bridgehead atoms. The molecule has 0 aliphatic rings. The van der Waals surface area contributed by atoms with Gasteiger partial charge in [-0.2, -0.15) is 0 Å². The van der Waals surface area contributed by atoms with E-state index in [1.54, 1.807) is 6.92 Å². The Hall–Kier alpha value is -2.37. The number of Topliss-reactive ketones (excluding diaryl/α,β-unsaturated/α-hetero) is 1. The van der Waals surface area contributed by atoms with Crippen LogP contribution in [-0.4, -0.2) is 24.4 Å². The zero-order valence-electron chi connectivity index (χ0n) is 9.23. The van der Waals surface area contributed by atoms with Crippen LogP contribution >= 0.6 is 0 Å². The highest BCUT2D eigenvalue weighted by Crippen LogP contribution is 2.10. The van der Waals surface area contributed by atoms with Crippen LogP contribution in [0.25, 0.3) is 0 Å². The molecule has 0 atom stereocenters. The molecule has 2 amide bonds. The topological polar surface area (TPSA) is 98.5 Å². The molecule has 0 saturated carbocycles. The third kappa shape index (κ3) is 3.60. The SMILES string of the molecule is CCOC(=O)C(=O)c1ccc(NC(N)=O)cc1. The average Bonchev–Trinajstić information content (AvgIpc) is 2.28.